The molecule has 0 aliphatic carbocycles. The molecule has 28 heavy (non-hydrogen) atoms. The monoisotopic (exact) mass is 422 g/mol. The molecule has 7 heteroatoms. The van der Waals surface area contributed by atoms with Crippen molar-refractivity contribution in [1.82, 2.24) is 9.80 Å². The van der Waals surface area contributed by atoms with Crippen LogP contribution in [0.15, 0.2) is 42.5 Å². The minimum absolute atomic E-state index is 0.0118. The van der Waals surface area contributed by atoms with Crippen LogP contribution in [0.3, 0.4) is 0 Å². The van der Waals surface area contributed by atoms with Gasteiger partial charge in [-0.25, -0.2) is 0 Å². The first kappa shape index (κ1) is 22.1. The number of ether oxygens (including phenoxy) is 1. The lowest BCUT2D eigenvalue weighted by atomic mass is 10.1. The van der Waals surface area contributed by atoms with Crippen LogP contribution in [0.1, 0.15) is 29.8 Å². The Morgan fingerprint density at radius 3 is 2.36 bits per heavy atom. The van der Waals surface area contributed by atoms with Gasteiger partial charge in [-0.2, -0.15) is 0 Å². The fraction of sp³-hybridized carbons (Fsp3) is 0.333. The van der Waals surface area contributed by atoms with Gasteiger partial charge in [-0.05, 0) is 38.1 Å². The van der Waals surface area contributed by atoms with Gasteiger partial charge in [0.2, 0.25) is 5.91 Å². The molecule has 0 bridgehead atoms. The fourth-order valence-electron chi connectivity index (χ4n) is 2.72. The van der Waals surface area contributed by atoms with Crippen molar-refractivity contribution in [3.05, 3.63) is 63.6 Å². The molecule has 0 N–H and O–H groups in total. The number of hydrogen-bond donors (Lipinski definition) is 0. The largest absolute Gasteiger partial charge is 0.488 e. The van der Waals surface area contributed by atoms with Crippen molar-refractivity contribution in [3.63, 3.8) is 0 Å². The summed E-state index contributed by atoms with van der Waals surface area (Å²) in [5.74, 6) is 0.0613. The molecule has 2 rings (SSSR count). The molecular weight excluding hydrogens is 399 g/mol. The second-order valence-corrected chi connectivity index (χ2v) is 7.09. The third-order valence-corrected chi connectivity index (χ3v) is 4.94. The third-order valence-electron chi connectivity index (χ3n) is 4.35. The summed E-state index contributed by atoms with van der Waals surface area (Å²) in [4.78, 5) is 28.2. The predicted molar refractivity (Wildman–Crippen MR) is 112 cm³/mol. The minimum atomic E-state index is -0.279. The van der Waals surface area contributed by atoms with Crippen molar-refractivity contribution in [2.45, 2.75) is 20.5 Å². The topological polar surface area (TPSA) is 49.9 Å². The van der Waals surface area contributed by atoms with E-state index in [1.807, 2.05) is 13.8 Å². The van der Waals surface area contributed by atoms with Crippen LogP contribution in [0.2, 0.25) is 10.0 Å². The Labute approximate surface area is 175 Å². The maximum Gasteiger partial charge on any atom is 0.257 e. The van der Waals surface area contributed by atoms with Gasteiger partial charge in [0.05, 0.1) is 12.1 Å². The van der Waals surface area contributed by atoms with E-state index in [-0.39, 0.29) is 25.0 Å². The van der Waals surface area contributed by atoms with Crippen molar-refractivity contribution in [1.29, 1.82) is 0 Å². The average Bonchev–Trinajstić information content (AvgIpc) is 2.68. The van der Waals surface area contributed by atoms with Crippen LogP contribution in [0.5, 0.6) is 5.75 Å². The van der Waals surface area contributed by atoms with Gasteiger partial charge in [0.25, 0.3) is 5.91 Å². The first-order valence-electron chi connectivity index (χ1n) is 9.06. The SMILES string of the molecule is CCN(CC)C(=O)CN(C)C(=O)c1ccccc1OCc1ccc(Cl)cc1Cl. The smallest absolute Gasteiger partial charge is 0.257 e. The number of halogens is 2. The van der Waals surface area contributed by atoms with Gasteiger partial charge in [-0.3, -0.25) is 9.59 Å². The van der Waals surface area contributed by atoms with Crippen molar-refractivity contribution in [2.24, 2.45) is 0 Å². The standard InChI is InChI=1S/C21H24Cl2N2O3/c1-4-25(5-2)20(26)13-24(3)21(27)17-8-6-7-9-19(17)28-14-15-10-11-16(22)12-18(15)23/h6-12H,4-5,13-14H2,1-3H3. The van der Waals surface area contributed by atoms with Gasteiger partial charge in [-0.15, -0.1) is 0 Å². The normalized spacial score (nSPS) is 10.5. The van der Waals surface area contributed by atoms with E-state index in [1.54, 1.807) is 54.4 Å². The molecule has 0 aliphatic rings. The van der Waals surface area contributed by atoms with Crippen molar-refractivity contribution in [3.8, 4) is 5.75 Å². The molecule has 0 fully saturated rings. The number of nitrogens with zero attached hydrogens (tertiary/aromatic N) is 2. The number of likely N-dealkylation sites (N-methyl/N-ethyl adjacent to an activating group) is 2. The molecule has 0 spiro atoms. The minimum Gasteiger partial charge on any atom is -0.488 e. The van der Waals surface area contributed by atoms with Gasteiger partial charge < -0.3 is 14.5 Å². The molecule has 150 valence electrons. The van der Waals surface area contributed by atoms with Crippen LogP contribution in [0, 0.1) is 0 Å². The number of rotatable bonds is 8. The zero-order valence-electron chi connectivity index (χ0n) is 16.2. The Kier molecular flexibility index (Phi) is 8.15. The summed E-state index contributed by atoms with van der Waals surface area (Å²) in [5.41, 5.74) is 1.15. The zero-order chi connectivity index (χ0) is 20.7. The van der Waals surface area contributed by atoms with Crippen LogP contribution >= 0.6 is 23.2 Å². The molecule has 5 nitrogen and oxygen atoms in total. The molecule has 0 heterocycles. The van der Waals surface area contributed by atoms with Crippen LogP contribution in [0.4, 0.5) is 0 Å². The van der Waals surface area contributed by atoms with Gasteiger partial charge in [-0.1, -0.05) is 41.4 Å². The summed E-state index contributed by atoms with van der Waals surface area (Å²) in [5, 5.41) is 1.04. The van der Waals surface area contributed by atoms with Crippen LogP contribution in [-0.4, -0.2) is 48.3 Å². The molecule has 2 aromatic rings. The van der Waals surface area contributed by atoms with Gasteiger partial charge in [0.15, 0.2) is 0 Å². The summed E-state index contributed by atoms with van der Waals surface area (Å²) >= 11 is 12.1. The predicted octanol–water partition coefficient (Wildman–Crippen LogP) is 4.51. The Hall–Kier alpha value is -2.24. The maximum atomic E-state index is 12.9. The number of benzene rings is 2. The Bertz CT molecular complexity index is 838. The van der Waals surface area contributed by atoms with E-state index in [0.717, 1.165) is 5.56 Å². The van der Waals surface area contributed by atoms with E-state index in [1.165, 1.54) is 4.90 Å². The van der Waals surface area contributed by atoms with Crippen LogP contribution < -0.4 is 4.74 Å². The second-order valence-electron chi connectivity index (χ2n) is 6.25. The number of carbonyl (C=O) groups is 2. The molecule has 0 unspecified atom stereocenters. The lowest BCUT2D eigenvalue weighted by Crippen LogP contribution is -2.41. The number of hydrogen-bond acceptors (Lipinski definition) is 3. The van der Waals surface area contributed by atoms with E-state index in [9.17, 15) is 9.59 Å². The molecule has 2 aromatic carbocycles. The summed E-state index contributed by atoms with van der Waals surface area (Å²) in [6.07, 6.45) is 0. The molecule has 0 aliphatic heterocycles. The number of carbonyl (C=O) groups excluding carboxylic acids is 2. The van der Waals surface area contributed by atoms with Crippen molar-refractivity contribution >= 4 is 35.0 Å². The van der Waals surface area contributed by atoms with E-state index >= 15 is 0 Å². The summed E-state index contributed by atoms with van der Waals surface area (Å²) in [6, 6.07) is 12.1. The first-order chi connectivity index (χ1) is 13.4. The fourth-order valence-corrected chi connectivity index (χ4v) is 3.18. The van der Waals surface area contributed by atoms with E-state index in [2.05, 4.69) is 0 Å². The summed E-state index contributed by atoms with van der Waals surface area (Å²) in [7, 11) is 1.61. The molecule has 0 saturated heterocycles. The van der Waals surface area contributed by atoms with Gasteiger partial charge in [0, 0.05) is 35.7 Å². The summed E-state index contributed by atoms with van der Waals surface area (Å²) < 4.78 is 5.84. The van der Waals surface area contributed by atoms with Crippen LogP contribution in [0.25, 0.3) is 0 Å². The Balaban J connectivity index is 2.11. The highest BCUT2D eigenvalue weighted by atomic mass is 35.5. The van der Waals surface area contributed by atoms with Gasteiger partial charge >= 0.3 is 0 Å². The molecule has 0 aromatic heterocycles. The van der Waals surface area contributed by atoms with E-state index < -0.39 is 0 Å². The maximum absolute atomic E-state index is 12.9. The molecule has 0 radical (unpaired) electrons. The number of para-hydroxylation sites is 1. The molecule has 0 saturated carbocycles. The number of amides is 2. The lowest BCUT2D eigenvalue weighted by Gasteiger charge is -2.23. The first-order valence-corrected chi connectivity index (χ1v) is 9.81. The average molecular weight is 423 g/mol. The lowest BCUT2D eigenvalue weighted by molar-refractivity contribution is -0.131. The Morgan fingerprint density at radius 1 is 1.04 bits per heavy atom. The van der Waals surface area contributed by atoms with Crippen LogP contribution in [-0.2, 0) is 11.4 Å². The highest BCUT2D eigenvalue weighted by Gasteiger charge is 2.20. The molecule has 2 amide bonds. The molecule has 0 atom stereocenters. The quantitative estimate of drug-likeness (QED) is 0.628. The van der Waals surface area contributed by atoms with Gasteiger partial charge in [0.1, 0.15) is 12.4 Å². The summed E-state index contributed by atoms with van der Waals surface area (Å²) in [6.45, 7) is 5.25. The zero-order valence-corrected chi connectivity index (χ0v) is 17.8. The second kappa shape index (κ2) is 10.3. The van der Waals surface area contributed by atoms with Crippen molar-refractivity contribution < 1.29 is 14.3 Å². The van der Waals surface area contributed by atoms with E-state index in [0.29, 0.717) is 34.4 Å². The highest BCUT2D eigenvalue weighted by molar-refractivity contribution is 6.35. The van der Waals surface area contributed by atoms with E-state index in [4.69, 9.17) is 27.9 Å². The molecular formula is C21H24Cl2N2O3. The Morgan fingerprint density at radius 2 is 1.71 bits per heavy atom. The third kappa shape index (κ3) is 5.63. The highest BCUT2D eigenvalue weighted by Crippen LogP contribution is 2.25. The van der Waals surface area contributed by atoms with Crippen molar-refractivity contribution in [2.75, 3.05) is 26.7 Å².